The number of benzene rings is 1. The number of carboxylic acids is 1. The highest BCUT2D eigenvalue weighted by atomic mass is 32.2. The maximum absolute atomic E-state index is 12.5. The number of carbonyl (C=O) groups is 2. The normalized spacial score (nSPS) is 22.8. The van der Waals surface area contributed by atoms with Crippen LogP contribution in [0.5, 0.6) is 5.75 Å². The van der Waals surface area contributed by atoms with Gasteiger partial charge in [-0.3, -0.25) is 9.59 Å². The second kappa shape index (κ2) is 7.24. The van der Waals surface area contributed by atoms with Gasteiger partial charge in [0.05, 0.1) is 13.0 Å². The standard InChI is InChI=1S/C17H22N2O6S/c1-25-14-7-3-10(9-15(14)26(23,24)19-12-5-6-12)16(20)18-13-4-2-11(8-13)17(21)22/h3,7,9,11-13,19H,2,4-6,8H2,1H3,(H,18,20)(H,21,22)/t11-,13+/m1/s1. The number of rotatable bonds is 7. The van der Waals surface area contributed by atoms with Gasteiger partial charge in [-0.1, -0.05) is 0 Å². The Morgan fingerprint density at radius 2 is 1.85 bits per heavy atom. The Balaban J connectivity index is 1.76. The number of hydrogen-bond acceptors (Lipinski definition) is 5. The molecule has 0 saturated heterocycles. The summed E-state index contributed by atoms with van der Waals surface area (Å²) in [4.78, 5) is 23.4. The lowest BCUT2D eigenvalue weighted by Gasteiger charge is -2.15. The van der Waals surface area contributed by atoms with Crippen LogP contribution >= 0.6 is 0 Å². The largest absolute Gasteiger partial charge is 0.495 e. The molecule has 2 saturated carbocycles. The van der Waals surface area contributed by atoms with E-state index in [1.807, 2.05) is 0 Å². The third kappa shape index (κ3) is 4.16. The molecule has 0 aromatic heterocycles. The number of amides is 1. The summed E-state index contributed by atoms with van der Waals surface area (Å²) in [6, 6.07) is 3.95. The van der Waals surface area contributed by atoms with Gasteiger partial charge in [-0.05, 0) is 50.3 Å². The Morgan fingerprint density at radius 3 is 2.42 bits per heavy atom. The third-order valence-electron chi connectivity index (χ3n) is 4.73. The van der Waals surface area contributed by atoms with Crippen LogP contribution in [0.25, 0.3) is 0 Å². The van der Waals surface area contributed by atoms with Crippen LogP contribution in [0, 0.1) is 5.92 Å². The van der Waals surface area contributed by atoms with Gasteiger partial charge in [0.25, 0.3) is 5.91 Å². The molecule has 3 rings (SSSR count). The Hall–Kier alpha value is -2.13. The van der Waals surface area contributed by atoms with E-state index < -0.39 is 27.8 Å². The quantitative estimate of drug-likeness (QED) is 0.650. The van der Waals surface area contributed by atoms with Gasteiger partial charge in [0.2, 0.25) is 10.0 Å². The number of hydrogen-bond donors (Lipinski definition) is 3. The monoisotopic (exact) mass is 382 g/mol. The van der Waals surface area contributed by atoms with Gasteiger partial charge in [-0.25, -0.2) is 13.1 Å². The zero-order chi connectivity index (χ0) is 18.9. The molecule has 2 atom stereocenters. The van der Waals surface area contributed by atoms with E-state index >= 15 is 0 Å². The van der Waals surface area contributed by atoms with Crippen LogP contribution in [-0.4, -0.2) is 44.6 Å². The van der Waals surface area contributed by atoms with E-state index in [1.54, 1.807) is 0 Å². The fourth-order valence-corrected chi connectivity index (χ4v) is 4.62. The molecule has 8 nitrogen and oxygen atoms in total. The molecular weight excluding hydrogens is 360 g/mol. The van der Waals surface area contributed by atoms with Crippen LogP contribution in [0.1, 0.15) is 42.5 Å². The van der Waals surface area contributed by atoms with E-state index in [0.29, 0.717) is 19.3 Å². The number of methoxy groups -OCH3 is 1. The van der Waals surface area contributed by atoms with Crippen molar-refractivity contribution in [3.05, 3.63) is 23.8 Å². The van der Waals surface area contributed by atoms with Crippen molar-refractivity contribution in [3.63, 3.8) is 0 Å². The Morgan fingerprint density at radius 1 is 1.15 bits per heavy atom. The summed E-state index contributed by atoms with van der Waals surface area (Å²) in [5, 5.41) is 11.8. The number of carbonyl (C=O) groups excluding carboxylic acids is 1. The van der Waals surface area contributed by atoms with Gasteiger partial charge < -0.3 is 15.2 Å². The van der Waals surface area contributed by atoms with E-state index in [1.165, 1.54) is 25.3 Å². The molecule has 1 aromatic carbocycles. The summed E-state index contributed by atoms with van der Waals surface area (Å²) >= 11 is 0. The number of sulfonamides is 1. The van der Waals surface area contributed by atoms with Crippen molar-refractivity contribution < 1.29 is 27.9 Å². The molecule has 0 bridgehead atoms. The first-order chi connectivity index (χ1) is 12.3. The molecule has 0 aliphatic heterocycles. The van der Waals surface area contributed by atoms with Gasteiger partial charge >= 0.3 is 5.97 Å². The minimum atomic E-state index is -3.78. The van der Waals surface area contributed by atoms with E-state index in [2.05, 4.69) is 10.0 Å². The topological polar surface area (TPSA) is 122 Å². The number of ether oxygens (including phenoxy) is 1. The SMILES string of the molecule is COc1ccc(C(=O)N[C@H]2CC[C@@H](C(=O)O)C2)cc1S(=O)(=O)NC1CC1. The fourth-order valence-electron chi connectivity index (χ4n) is 3.12. The van der Waals surface area contributed by atoms with Crippen molar-refractivity contribution in [1.29, 1.82) is 0 Å². The van der Waals surface area contributed by atoms with Gasteiger partial charge in [-0.2, -0.15) is 0 Å². The third-order valence-corrected chi connectivity index (χ3v) is 6.27. The molecule has 26 heavy (non-hydrogen) atoms. The number of nitrogens with one attached hydrogen (secondary N) is 2. The Bertz CT molecular complexity index is 819. The maximum atomic E-state index is 12.5. The molecule has 2 fully saturated rings. The predicted octanol–water partition coefficient (Wildman–Crippen LogP) is 1.12. The van der Waals surface area contributed by atoms with Gasteiger partial charge in [-0.15, -0.1) is 0 Å². The van der Waals surface area contributed by atoms with Crippen molar-refractivity contribution in [1.82, 2.24) is 10.0 Å². The fraction of sp³-hybridized carbons (Fsp3) is 0.529. The lowest BCUT2D eigenvalue weighted by Crippen LogP contribution is -2.33. The van der Waals surface area contributed by atoms with E-state index in [4.69, 9.17) is 9.84 Å². The Kier molecular flexibility index (Phi) is 5.19. The lowest BCUT2D eigenvalue weighted by atomic mass is 10.1. The van der Waals surface area contributed by atoms with Crippen LogP contribution in [0.4, 0.5) is 0 Å². The molecular formula is C17H22N2O6S. The first-order valence-electron chi connectivity index (χ1n) is 8.54. The van der Waals surface area contributed by atoms with Crippen LogP contribution in [0.3, 0.4) is 0 Å². The average molecular weight is 382 g/mol. The minimum absolute atomic E-state index is 0.0615. The van der Waals surface area contributed by atoms with Crippen LogP contribution < -0.4 is 14.8 Å². The lowest BCUT2D eigenvalue weighted by molar-refractivity contribution is -0.141. The van der Waals surface area contributed by atoms with Crippen LogP contribution in [-0.2, 0) is 14.8 Å². The summed E-state index contributed by atoms with van der Waals surface area (Å²) in [5.41, 5.74) is 0.195. The van der Waals surface area contributed by atoms with Gasteiger partial charge in [0.15, 0.2) is 0 Å². The molecule has 1 aromatic rings. The molecule has 9 heteroatoms. The van der Waals surface area contributed by atoms with Crippen molar-refractivity contribution in [2.24, 2.45) is 5.92 Å². The second-order valence-electron chi connectivity index (χ2n) is 6.78. The van der Waals surface area contributed by atoms with Gasteiger partial charge in [0.1, 0.15) is 10.6 Å². The maximum Gasteiger partial charge on any atom is 0.306 e. The summed E-state index contributed by atoms with van der Waals surface area (Å²) in [7, 11) is -2.40. The second-order valence-corrected chi connectivity index (χ2v) is 8.46. The van der Waals surface area contributed by atoms with Crippen molar-refractivity contribution >= 4 is 21.9 Å². The summed E-state index contributed by atoms with van der Waals surface area (Å²) in [6.45, 7) is 0. The predicted molar refractivity (Wildman–Crippen MR) is 92.6 cm³/mol. The van der Waals surface area contributed by atoms with E-state index in [0.717, 1.165) is 12.8 Å². The summed E-state index contributed by atoms with van der Waals surface area (Å²) in [6.07, 6.45) is 3.09. The highest BCUT2D eigenvalue weighted by Gasteiger charge is 2.32. The highest BCUT2D eigenvalue weighted by molar-refractivity contribution is 7.89. The minimum Gasteiger partial charge on any atom is -0.495 e. The van der Waals surface area contributed by atoms with Gasteiger partial charge in [0, 0.05) is 17.6 Å². The van der Waals surface area contributed by atoms with Crippen LogP contribution in [0.15, 0.2) is 23.1 Å². The number of aliphatic carboxylic acids is 1. The van der Waals surface area contributed by atoms with Crippen molar-refractivity contribution in [2.75, 3.05) is 7.11 Å². The molecule has 0 spiro atoms. The zero-order valence-electron chi connectivity index (χ0n) is 14.4. The molecule has 2 aliphatic carbocycles. The molecule has 3 N–H and O–H groups in total. The van der Waals surface area contributed by atoms with Crippen molar-refractivity contribution in [2.45, 2.75) is 49.1 Å². The Labute approximate surface area is 152 Å². The molecule has 0 unspecified atom stereocenters. The highest BCUT2D eigenvalue weighted by Crippen LogP contribution is 2.29. The first kappa shape index (κ1) is 18.7. The first-order valence-corrected chi connectivity index (χ1v) is 10.0. The molecule has 2 aliphatic rings. The van der Waals surface area contributed by atoms with E-state index in [-0.39, 0.29) is 28.3 Å². The zero-order valence-corrected chi connectivity index (χ0v) is 15.2. The summed E-state index contributed by atoms with van der Waals surface area (Å²) < 4.78 is 32.7. The van der Waals surface area contributed by atoms with Crippen molar-refractivity contribution in [3.8, 4) is 5.75 Å². The molecule has 0 radical (unpaired) electrons. The molecule has 142 valence electrons. The number of carboxylic acid groups (broad SMARTS) is 1. The average Bonchev–Trinajstić information content (AvgIpc) is 3.27. The summed E-state index contributed by atoms with van der Waals surface area (Å²) in [5.74, 6) is -1.56. The smallest absolute Gasteiger partial charge is 0.306 e. The van der Waals surface area contributed by atoms with Crippen LogP contribution in [0.2, 0.25) is 0 Å². The molecule has 0 heterocycles. The van der Waals surface area contributed by atoms with E-state index in [9.17, 15) is 18.0 Å². The molecule has 1 amide bonds.